The molecule has 2 N–H and O–H groups in total. The van der Waals surface area contributed by atoms with Crippen molar-refractivity contribution in [2.75, 3.05) is 0 Å². The molecule has 0 spiro atoms. The Hall–Kier alpha value is -2.61. The minimum atomic E-state index is -1.10. The number of carbonyl (C=O) groups is 2. The van der Waals surface area contributed by atoms with Gasteiger partial charge in [-0.1, -0.05) is 12.1 Å². The molecule has 5 heteroatoms. The lowest BCUT2D eigenvalue weighted by atomic mass is 9.77. The maximum absolute atomic E-state index is 11.8. The first-order valence-corrected chi connectivity index (χ1v) is 6.29. The summed E-state index contributed by atoms with van der Waals surface area (Å²) < 4.78 is 0. The monoisotopic (exact) mass is 270 g/mol. The molecule has 1 aromatic carbocycles. The van der Waals surface area contributed by atoms with Gasteiger partial charge in [-0.2, -0.15) is 5.26 Å². The van der Waals surface area contributed by atoms with Crippen molar-refractivity contribution in [3.05, 3.63) is 41.5 Å². The zero-order valence-electron chi connectivity index (χ0n) is 10.8. The molecule has 0 heterocycles. The first kappa shape index (κ1) is 13.8. The van der Waals surface area contributed by atoms with Crippen molar-refractivity contribution in [1.82, 2.24) is 5.32 Å². The topological polar surface area (TPSA) is 90.2 Å². The second-order valence-corrected chi connectivity index (χ2v) is 4.80. The third-order valence-corrected chi connectivity index (χ3v) is 3.42. The lowest BCUT2D eigenvalue weighted by molar-refractivity contribution is -0.151. The van der Waals surface area contributed by atoms with Gasteiger partial charge < -0.3 is 10.4 Å². The number of amides is 1. The Labute approximate surface area is 116 Å². The Morgan fingerprint density at radius 1 is 1.40 bits per heavy atom. The lowest BCUT2D eigenvalue weighted by Gasteiger charge is -2.37. The molecule has 0 aliphatic heterocycles. The number of nitrogens with zero attached hydrogens (tertiary/aromatic N) is 1. The minimum Gasteiger partial charge on any atom is -0.480 e. The van der Waals surface area contributed by atoms with Gasteiger partial charge in [-0.3, -0.25) is 4.79 Å². The number of nitriles is 1. The van der Waals surface area contributed by atoms with E-state index in [-0.39, 0.29) is 0 Å². The molecule has 0 atom stereocenters. The van der Waals surface area contributed by atoms with Crippen molar-refractivity contribution in [2.45, 2.75) is 24.8 Å². The van der Waals surface area contributed by atoms with E-state index in [1.807, 2.05) is 6.07 Å². The van der Waals surface area contributed by atoms with Crippen LogP contribution < -0.4 is 5.32 Å². The smallest absolute Gasteiger partial charge is 0.329 e. The van der Waals surface area contributed by atoms with E-state index in [4.69, 9.17) is 10.4 Å². The van der Waals surface area contributed by atoms with Crippen molar-refractivity contribution < 1.29 is 14.7 Å². The number of hydrogen-bond acceptors (Lipinski definition) is 3. The second kappa shape index (κ2) is 5.57. The van der Waals surface area contributed by atoms with E-state index in [9.17, 15) is 9.59 Å². The third-order valence-electron chi connectivity index (χ3n) is 3.42. The Bertz CT molecular complexity index is 610. The Morgan fingerprint density at radius 3 is 2.70 bits per heavy atom. The van der Waals surface area contributed by atoms with E-state index >= 15 is 0 Å². The highest BCUT2D eigenvalue weighted by atomic mass is 16.4. The largest absolute Gasteiger partial charge is 0.480 e. The molecule has 0 saturated heterocycles. The van der Waals surface area contributed by atoms with Crippen LogP contribution in [0, 0.1) is 11.3 Å². The summed E-state index contributed by atoms with van der Waals surface area (Å²) in [5, 5.41) is 20.4. The lowest BCUT2D eigenvalue weighted by Crippen LogP contribution is -2.58. The predicted octanol–water partition coefficient (Wildman–Crippen LogP) is 1.69. The number of carboxylic acid groups (broad SMARTS) is 1. The average Bonchev–Trinajstić information content (AvgIpc) is 2.40. The van der Waals surface area contributed by atoms with Crippen LogP contribution in [0.5, 0.6) is 0 Å². The fourth-order valence-corrected chi connectivity index (χ4v) is 2.08. The molecule has 102 valence electrons. The zero-order valence-corrected chi connectivity index (χ0v) is 10.8. The molecule has 0 unspecified atom stereocenters. The van der Waals surface area contributed by atoms with Crippen molar-refractivity contribution in [3.8, 4) is 6.07 Å². The van der Waals surface area contributed by atoms with E-state index in [0.29, 0.717) is 18.4 Å². The van der Waals surface area contributed by atoms with Gasteiger partial charge in [0.25, 0.3) is 0 Å². The van der Waals surface area contributed by atoms with Gasteiger partial charge in [0, 0.05) is 6.08 Å². The van der Waals surface area contributed by atoms with Gasteiger partial charge in [0.1, 0.15) is 5.54 Å². The summed E-state index contributed by atoms with van der Waals surface area (Å²) in [5.41, 5.74) is 0.126. The van der Waals surface area contributed by atoms with E-state index < -0.39 is 17.4 Å². The summed E-state index contributed by atoms with van der Waals surface area (Å²) in [5.74, 6) is -1.42. The van der Waals surface area contributed by atoms with Crippen LogP contribution in [0.4, 0.5) is 0 Å². The van der Waals surface area contributed by atoms with Gasteiger partial charge in [0.15, 0.2) is 0 Å². The third kappa shape index (κ3) is 2.86. The van der Waals surface area contributed by atoms with Crippen molar-refractivity contribution in [2.24, 2.45) is 0 Å². The van der Waals surface area contributed by atoms with Gasteiger partial charge >= 0.3 is 5.97 Å². The van der Waals surface area contributed by atoms with Gasteiger partial charge in [-0.05, 0) is 43.0 Å². The first-order valence-electron chi connectivity index (χ1n) is 6.29. The van der Waals surface area contributed by atoms with E-state index in [1.165, 1.54) is 6.08 Å². The summed E-state index contributed by atoms with van der Waals surface area (Å²) >= 11 is 0. The zero-order chi connectivity index (χ0) is 14.6. The molecular formula is C15H14N2O3. The van der Waals surface area contributed by atoms with Gasteiger partial charge in [0.05, 0.1) is 11.6 Å². The molecule has 1 fully saturated rings. The maximum atomic E-state index is 11.8. The second-order valence-electron chi connectivity index (χ2n) is 4.80. The van der Waals surface area contributed by atoms with Gasteiger partial charge in [-0.15, -0.1) is 0 Å². The summed E-state index contributed by atoms with van der Waals surface area (Å²) in [6, 6.07) is 8.83. The fourth-order valence-electron chi connectivity index (χ4n) is 2.08. The van der Waals surface area contributed by atoms with Crippen molar-refractivity contribution in [1.29, 1.82) is 5.26 Å². The molecule has 1 aliphatic carbocycles. The fraction of sp³-hybridized carbons (Fsp3) is 0.267. The number of aliphatic carboxylic acids is 1. The van der Waals surface area contributed by atoms with Crippen LogP contribution in [0.15, 0.2) is 30.3 Å². The summed E-state index contributed by atoms with van der Waals surface area (Å²) in [6.07, 6.45) is 4.59. The summed E-state index contributed by atoms with van der Waals surface area (Å²) in [7, 11) is 0. The standard InChI is InChI=1S/C15H14N2O3/c16-10-12-4-1-3-11(9-12)5-6-13(18)17-15(14(19)20)7-2-8-15/h1,3-6,9H,2,7-8H2,(H,17,18)(H,19,20)/b6-5+. The summed E-state index contributed by atoms with van der Waals surface area (Å²) in [6.45, 7) is 0. The van der Waals surface area contributed by atoms with Crippen molar-refractivity contribution in [3.63, 3.8) is 0 Å². The molecule has 0 aromatic heterocycles. The molecule has 0 bridgehead atoms. The van der Waals surface area contributed by atoms with Crippen LogP contribution in [0.1, 0.15) is 30.4 Å². The van der Waals surface area contributed by atoms with Crippen LogP contribution in [0.3, 0.4) is 0 Å². The number of hydrogen-bond donors (Lipinski definition) is 2. The normalized spacial score (nSPS) is 16.1. The van der Waals surface area contributed by atoms with Crippen LogP contribution in [0.2, 0.25) is 0 Å². The first-order chi connectivity index (χ1) is 9.55. The average molecular weight is 270 g/mol. The highest BCUT2D eigenvalue weighted by Crippen LogP contribution is 2.31. The Morgan fingerprint density at radius 2 is 2.15 bits per heavy atom. The number of benzene rings is 1. The molecule has 20 heavy (non-hydrogen) atoms. The molecule has 5 nitrogen and oxygen atoms in total. The highest BCUT2D eigenvalue weighted by Gasteiger charge is 2.45. The van der Waals surface area contributed by atoms with Crippen LogP contribution >= 0.6 is 0 Å². The van der Waals surface area contributed by atoms with Crippen LogP contribution in [-0.2, 0) is 9.59 Å². The molecule has 1 saturated carbocycles. The van der Waals surface area contributed by atoms with Gasteiger partial charge in [-0.25, -0.2) is 4.79 Å². The number of rotatable bonds is 4. The minimum absolute atomic E-state index is 0.436. The molecule has 0 radical (unpaired) electrons. The van der Waals surface area contributed by atoms with Gasteiger partial charge in [0.2, 0.25) is 5.91 Å². The van der Waals surface area contributed by atoms with Crippen molar-refractivity contribution >= 4 is 18.0 Å². The molecule has 1 aliphatic rings. The SMILES string of the molecule is N#Cc1cccc(/C=C/C(=O)NC2(C(=O)O)CCC2)c1. The maximum Gasteiger partial charge on any atom is 0.329 e. The Kier molecular flexibility index (Phi) is 3.85. The highest BCUT2D eigenvalue weighted by molar-refractivity contribution is 5.96. The van der Waals surface area contributed by atoms with E-state index in [1.54, 1.807) is 30.3 Å². The molecule has 1 aromatic rings. The molecule has 1 amide bonds. The quantitative estimate of drug-likeness (QED) is 0.815. The molecule has 2 rings (SSSR count). The number of carbonyl (C=O) groups excluding carboxylic acids is 1. The number of nitrogens with one attached hydrogen (secondary N) is 1. The van der Waals surface area contributed by atoms with Crippen LogP contribution in [0.25, 0.3) is 6.08 Å². The Balaban J connectivity index is 2.02. The molecular weight excluding hydrogens is 256 g/mol. The van der Waals surface area contributed by atoms with E-state index in [2.05, 4.69) is 5.32 Å². The van der Waals surface area contributed by atoms with E-state index in [0.717, 1.165) is 12.0 Å². The summed E-state index contributed by atoms with van der Waals surface area (Å²) in [4.78, 5) is 22.9. The predicted molar refractivity (Wildman–Crippen MR) is 72.6 cm³/mol. The van der Waals surface area contributed by atoms with Crippen LogP contribution in [-0.4, -0.2) is 22.5 Å². The number of carboxylic acids is 1.